The highest BCUT2D eigenvalue weighted by Crippen LogP contribution is 2.21. The summed E-state index contributed by atoms with van der Waals surface area (Å²) in [5, 5.41) is 18.0. The zero-order valence-corrected chi connectivity index (χ0v) is 13.4. The lowest BCUT2D eigenvalue weighted by Crippen LogP contribution is -2.02. The van der Waals surface area contributed by atoms with Crippen LogP contribution in [0.3, 0.4) is 0 Å². The number of halogens is 1. The number of rotatable bonds is 5. The first-order valence-corrected chi connectivity index (χ1v) is 7.55. The number of carboxylic acids is 1. The quantitative estimate of drug-likeness (QED) is 0.758. The Bertz CT molecular complexity index is 998. The molecule has 0 atom stereocenters. The molecule has 3 aromatic rings. The van der Waals surface area contributed by atoms with Crippen molar-refractivity contribution in [3.05, 3.63) is 77.4 Å². The minimum Gasteiger partial charge on any atom is -0.489 e. The first-order chi connectivity index (χ1) is 12.6. The van der Waals surface area contributed by atoms with Gasteiger partial charge in [0, 0.05) is 17.3 Å². The second-order valence-corrected chi connectivity index (χ2v) is 5.27. The Morgan fingerprint density at radius 1 is 1.19 bits per heavy atom. The van der Waals surface area contributed by atoms with Crippen LogP contribution < -0.4 is 4.74 Å². The Morgan fingerprint density at radius 2 is 1.96 bits per heavy atom. The number of aromatic carboxylic acids is 1. The van der Waals surface area contributed by atoms with Crippen molar-refractivity contribution in [2.24, 2.45) is 0 Å². The second-order valence-electron chi connectivity index (χ2n) is 5.27. The van der Waals surface area contributed by atoms with Gasteiger partial charge in [-0.15, -0.1) is 0 Å². The van der Waals surface area contributed by atoms with Gasteiger partial charge in [-0.3, -0.25) is 0 Å². The molecule has 0 saturated carbocycles. The average molecular weight is 349 g/mol. The molecule has 2 aromatic carbocycles. The highest BCUT2D eigenvalue weighted by molar-refractivity contribution is 5.85. The molecule has 1 aromatic heterocycles. The number of hydrogen-bond donors (Lipinski definition) is 1. The van der Waals surface area contributed by atoms with Crippen LogP contribution in [0, 0.1) is 17.1 Å². The van der Waals surface area contributed by atoms with Crippen molar-refractivity contribution < 1.29 is 19.0 Å². The van der Waals surface area contributed by atoms with Crippen LogP contribution in [0.1, 0.15) is 21.6 Å². The van der Waals surface area contributed by atoms with Gasteiger partial charge in [-0.2, -0.15) is 5.26 Å². The van der Waals surface area contributed by atoms with Crippen molar-refractivity contribution in [3.8, 4) is 23.2 Å². The highest BCUT2D eigenvalue weighted by Gasteiger charge is 2.10. The minimum atomic E-state index is -1.13. The smallest absolute Gasteiger partial charge is 0.354 e. The van der Waals surface area contributed by atoms with Crippen LogP contribution in [0.15, 0.2) is 54.7 Å². The van der Waals surface area contributed by atoms with E-state index in [4.69, 9.17) is 15.1 Å². The molecule has 3 rings (SSSR count). The maximum atomic E-state index is 13.6. The van der Waals surface area contributed by atoms with E-state index in [0.717, 1.165) is 0 Å². The third kappa shape index (κ3) is 3.65. The van der Waals surface area contributed by atoms with E-state index < -0.39 is 11.8 Å². The number of carbonyl (C=O) groups is 1. The predicted molar refractivity (Wildman–Crippen MR) is 89.9 cm³/mol. The fourth-order valence-corrected chi connectivity index (χ4v) is 2.29. The number of ether oxygens (including phenoxy) is 1. The van der Waals surface area contributed by atoms with Gasteiger partial charge in [0.05, 0.1) is 5.56 Å². The van der Waals surface area contributed by atoms with Gasteiger partial charge in [0.25, 0.3) is 0 Å². The molecule has 0 amide bonds. The normalized spacial score (nSPS) is 10.2. The van der Waals surface area contributed by atoms with Crippen molar-refractivity contribution in [2.75, 3.05) is 0 Å². The van der Waals surface area contributed by atoms with Crippen molar-refractivity contribution >= 4 is 5.97 Å². The van der Waals surface area contributed by atoms with Gasteiger partial charge in [-0.05, 0) is 36.4 Å². The summed E-state index contributed by atoms with van der Waals surface area (Å²) in [6, 6.07) is 14.2. The van der Waals surface area contributed by atoms with Crippen LogP contribution in [0.2, 0.25) is 0 Å². The van der Waals surface area contributed by atoms with E-state index in [9.17, 15) is 9.18 Å². The van der Waals surface area contributed by atoms with Gasteiger partial charge in [0.1, 0.15) is 24.2 Å². The predicted octanol–water partition coefficient (Wildman–Crippen LogP) is 3.43. The molecule has 1 N–H and O–H groups in total. The molecule has 0 aliphatic carbocycles. The monoisotopic (exact) mass is 349 g/mol. The number of nitrogens with zero attached hydrogens (tertiary/aromatic N) is 3. The van der Waals surface area contributed by atoms with Crippen molar-refractivity contribution in [1.82, 2.24) is 9.97 Å². The summed E-state index contributed by atoms with van der Waals surface area (Å²) in [6.45, 7) is 0.0466. The number of nitriles is 1. The largest absolute Gasteiger partial charge is 0.489 e. The molecule has 0 saturated heterocycles. The van der Waals surface area contributed by atoms with E-state index in [1.807, 2.05) is 6.07 Å². The van der Waals surface area contributed by atoms with E-state index >= 15 is 0 Å². The van der Waals surface area contributed by atoms with Gasteiger partial charge in [-0.1, -0.05) is 12.1 Å². The third-order valence-electron chi connectivity index (χ3n) is 3.59. The SMILES string of the molecule is N#Cc1c(F)cccc1COc1ccc(-c2nccc(C(=O)O)n2)cc1. The molecule has 26 heavy (non-hydrogen) atoms. The third-order valence-corrected chi connectivity index (χ3v) is 3.59. The molecule has 0 aliphatic heterocycles. The molecule has 1 heterocycles. The van der Waals surface area contributed by atoms with Gasteiger partial charge < -0.3 is 9.84 Å². The first-order valence-electron chi connectivity index (χ1n) is 7.55. The van der Waals surface area contributed by atoms with E-state index in [-0.39, 0.29) is 23.7 Å². The summed E-state index contributed by atoms with van der Waals surface area (Å²) in [6.07, 6.45) is 1.38. The lowest BCUT2D eigenvalue weighted by Gasteiger charge is -2.09. The van der Waals surface area contributed by atoms with Gasteiger partial charge in [-0.25, -0.2) is 19.2 Å². The van der Waals surface area contributed by atoms with Crippen molar-refractivity contribution in [3.63, 3.8) is 0 Å². The Hall–Kier alpha value is -3.79. The van der Waals surface area contributed by atoms with Gasteiger partial charge >= 0.3 is 5.97 Å². The summed E-state index contributed by atoms with van der Waals surface area (Å²) >= 11 is 0. The Kier molecular flexibility index (Phi) is 4.85. The Morgan fingerprint density at radius 3 is 2.65 bits per heavy atom. The molecule has 6 nitrogen and oxygen atoms in total. The summed E-state index contributed by atoms with van der Waals surface area (Å²) in [4.78, 5) is 19.0. The topological polar surface area (TPSA) is 96.1 Å². The van der Waals surface area contributed by atoms with Crippen LogP contribution in [0.25, 0.3) is 11.4 Å². The van der Waals surface area contributed by atoms with Crippen LogP contribution in [0.4, 0.5) is 4.39 Å². The number of hydrogen-bond acceptors (Lipinski definition) is 5. The van der Waals surface area contributed by atoms with Gasteiger partial charge in [0.2, 0.25) is 0 Å². The van der Waals surface area contributed by atoms with Crippen LogP contribution in [-0.4, -0.2) is 21.0 Å². The lowest BCUT2D eigenvalue weighted by atomic mass is 10.1. The zero-order chi connectivity index (χ0) is 18.5. The molecule has 0 bridgehead atoms. The van der Waals surface area contributed by atoms with Crippen molar-refractivity contribution in [2.45, 2.75) is 6.61 Å². The van der Waals surface area contributed by atoms with E-state index in [0.29, 0.717) is 16.9 Å². The molecule has 0 aliphatic rings. The molecule has 128 valence electrons. The van der Waals surface area contributed by atoms with Crippen LogP contribution in [0.5, 0.6) is 5.75 Å². The Labute approximate surface area is 148 Å². The summed E-state index contributed by atoms with van der Waals surface area (Å²) < 4.78 is 19.2. The summed E-state index contributed by atoms with van der Waals surface area (Å²) in [7, 11) is 0. The molecular weight excluding hydrogens is 337 g/mol. The fourth-order valence-electron chi connectivity index (χ4n) is 2.29. The fraction of sp³-hybridized carbons (Fsp3) is 0.0526. The van der Waals surface area contributed by atoms with E-state index in [2.05, 4.69) is 9.97 Å². The van der Waals surface area contributed by atoms with Gasteiger partial charge in [0.15, 0.2) is 11.5 Å². The molecule has 0 spiro atoms. The number of aromatic nitrogens is 2. The Balaban J connectivity index is 1.75. The number of benzene rings is 2. The molecule has 7 heteroatoms. The zero-order valence-electron chi connectivity index (χ0n) is 13.4. The standard InChI is InChI=1S/C19H12FN3O3/c20-16-3-1-2-13(15(16)10-21)11-26-14-6-4-12(5-7-14)18-22-9-8-17(23-18)19(24)25/h1-9H,11H2,(H,24,25). The molecule has 0 fully saturated rings. The summed E-state index contributed by atoms with van der Waals surface area (Å²) in [5.74, 6) is -0.916. The highest BCUT2D eigenvalue weighted by atomic mass is 19.1. The minimum absolute atomic E-state index is 0.0389. The van der Waals surface area contributed by atoms with Crippen LogP contribution >= 0.6 is 0 Å². The number of carboxylic acid groups (broad SMARTS) is 1. The van der Waals surface area contributed by atoms with Crippen LogP contribution in [-0.2, 0) is 6.61 Å². The molecule has 0 unspecified atom stereocenters. The first kappa shape index (κ1) is 17.0. The molecule has 0 radical (unpaired) electrons. The average Bonchev–Trinajstić information content (AvgIpc) is 2.67. The van der Waals surface area contributed by atoms with E-state index in [1.54, 1.807) is 30.3 Å². The van der Waals surface area contributed by atoms with E-state index in [1.165, 1.54) is 24.4 Å². The molecular formula is C19H12FN3O3. The van der Waals surface area contributed by atoms with Crippen molar-refractivity contribution in [1.29, 1.82) is 5.26 Å². The lowest BCUT2D eigenvalue weighted by molar-refractivity contribution is 0.0690. The summed E-state index contributed by atoms with van der Waals surface area (Å²) in [5.41, 5.74) is 0.950. The maximum Gasteiger partial charge on any atom is 0.354 e. The second kappa shape index (κ2) is 7.40. The maximum absolute atomic E-state index is 13.6.